The molecule has 0 bridgehead atoms. The average molecular weight is 372 g/mol. The van der Waals surface area contributed by atoms with Crippen LogP contribution >= 0.6 is 0 Å². The van der Waals surface area contributed by atoms with E-state index in [9.17, 15) is 4.79 Å². The molecule has 6 heteroatoms. The van der Waals surface area contributed by atoms with Gasteiger partial charge in [0.25, 0.3) is 11.6 Å². The van der Waals surface area contributed by atoms with Crippen LogP contribution in [0.3, 0.4) is 0 Å². The second kappa shape index (κ2) is 6.75. The fourth-order valence-electron chi connectivity index (χ4n) is 3.90. The van der Waals surface area contributed by atoms with Crippen LogP contribution in [0.2, 0.25) is 0 Å². The third-order valence-corrected chi connectivity index (χ3v) is 5.70. The van der Waals surface area contributed by atoms with E-state index in [1.54, 1.807) is 0 Å². The van der Waals surface area contributed by atoms with Crippen LogP contribution in [0.1, 0.15) is 47.7 Å². The van der Waals surface area contributed by atoms with Crippen LogP contribution in [0, 0.1) is 17.2 Å². The van der Waals surface area contributed by atoms with Crippen molar-refractivity contribution < 1.29 is 9.32 Å². The number of pyridine rings is 1. The quantitative estimate of drug-likeness (QED) is 0.690. The van der Waals surface area contributed by atoms with Crippen molar-refractivity contribution in [1.29, 1.82) is 5.26 Å². The van der Waals surface area contributed by atoms with Gasteiger partial charge in [-0.3, -0.25) is 4.79 Å². The van der Waals surface area contributed by atoms with Crippen LogP contribution in [0.4, 0.5) is 0 Å². The number of carbonyl (C=O) groups is 1. The lowest BCUT2D eigenvalue weighted by molar-refractivity contribution is 0.0709. The van der Waals surface area contributed by atoms with E-state index in [0.717, 1.165) is 36.9 Å². The summed E-state index contributed by atoms with van der Waals surface area (Å²) >= 11 is 0. The molecule has 3 heterocycles. The summed E-state index contributed by atoms with van der Waals surface area (Å²) in [4.78, 5) is 19.9. The number of rotatable bonds is 3. The highest BCUT2D eigenvalue weighted by Crippen LogP contribution is 2.41. The summed E-state index contributed by atoms with van der Waals surface area (Å²) in [5.74, 6) is 0.427. The molecule has 6 nitrogen and oxygen atoms in total. The first-order chi connectivity index (χ1) is 13.7. The number of hydrogen-bond acceptors (Lipinski definition) is 5. The van der Waals surface area contributed by atoms with E-state index >= 15 is 0 Å². The highest BCUT2D eigenvalue weighted by Gasteiger charge is 2.31. The minimum absolute atomic E-state index is 0.0222. The Morgan fingerprint density at radius 1 is 1.14 bits per heavy atom. The monoisotopic (exact) mass is 372 g/mol. The molecule has 28 heavy (non-hydrogen) atoms. The van der Waals surface area contributed by atoms with Crippen molar-refractivity contribution >= 4 is 17.0 Å². The topological polar surface area (TPSA) is 83.0 Å². The van der Waals surface area contributed by atoms with Gasteiger partial charge in [-0.1, -0.05) is 35.5 Å². The summed E-state index contributed by atoms with van der Waals surface area (Å²) in [6, 6.07) is 14.0. The number of amides is 1. The van der Waals surface area contributed by atoms with Gasteiger partial charge in [0.15, 0.2) is 0 Å². The number of hydrogen-bond donors (Lipinski definition) is 0. The van der Waals surface area contributed by atoms with Gasteiger partial charge in [0, 0.05) is 36.2 Å². The molecular formula is C22H20N4O2. The van der Waals surface area contributed by atoms with E-state index in [4.69, 9.17) is 9.78 Å². The summed E-state index contributed by atoms with van der Waals surface area (Å²) < 4.78 is 5.56. The van der Waals surface area contributed by atoms with E-state index in [-0.39, 0.29) is 11.8 Å². The molecule has 0 spiro atoms. The Labute approximate surface area is 162 Å². The van der Waals surface area contributed by atoms with Gasteiger partial charge in [0.2, 0.25) is 0 Å². The Bertz CT molecular complexity index is 1070. The van der Waals surface area contributed by atoms with E-state index < -0.39 is 0 Å². The van der Waals surface area contributed by atoms with Crippen LogP contribution in [-0.2, 0) is 0 Å². The molecule has 2 aliphatic rings. The number of nitriles is 1. The summed E-state index contributed by atoms with van der Waals surface area (Å²) in [5.41, 5.74) is 3.51. The van der Waals surface area contributed by atoms with Gasteiger partial charge in [0.1, 0.15) is 5.69 Å². The van der Waals surface area contributed by atoms with Crippen LogP contribution in [0.5, 0.6) is 0 Å². The predicted molar refractivity (Wildman–Crippen MR) is 103 cm³/mol. The number of fused-ring (bicyclic) bond motifs is 1. The van der Waals surface area contributed by atoms with Crippen LogP contribution in [0.15, 0.2) is 40.9 Å². The zero-order valence-electron chi connectivity index (χ0n) is 15.5. The average Bonchev–Trinajstić information content (AvgIpc) is 3.52. The highest BCUT2D eigenvalue weighted by atomic mass is 16.5. The van der Waals surface area contributed by atoms with E-state index in [0.29, 0.717) is 41.4 Å². The number of aromatic nitrogens is 2. The number of benzene rings is 1. The van der Waals surface area contributed by atoms with Gasteiger partial charge < -0.3 is 9.42 Å². The van der Waals surface area contributed by atoms with Crippen LogP contribution in [0.25, 0.3) is 22.4 Å². The maximum atomic E-state index is 13.4. The van der Waals surface area contributed by atoms with Crippen molar-refractivity contribution in [3.8, 4) is 17.3 Å². The van der Waals surface area contributed by atoms with E-state index in [1.807, 2.05) is 41.3 Å². The van der Waals surface area contributed by atoms with E-state index in [2.05, 4.69) is 16.2 Å². The van der Waals surface area contributed by atoms with Gasteiger partial charge in [-0.25, -0.2) is 4.98 Å². The Hall–Kier alpha value is -3.20. The summed E-state index contributed by atoms with van der Waals surface area (Å²) in [7, 11) is 0. The SMILES string of the molecule is N#CC1CCN(C(=O)c2cc(C3CC3)nc3onc(-c4ccccc4)c23)CC1. The van der Waals surface area contributed by atoms with Crippen molar-refractivity contribution in [3.63, 3.8) is 0 Å². The third-order valence-electron chi connectivity index (χ3n) is 5.70. The molecule has 140 valence electrons. The lowest BCUT2D eigenvalue weighted by Crippen LogP contribution is -2.38. The molecule has 3 aromatic rings. The first-order valence-electron chi connectivity index (χ1n) is 9.79. The Kier molecular flexibility index (Phi) is 4.09. The molecule has 2 fully saturated rings. The van der Waals surface area contributed by atoms with Gasteiger partial charge in [-0.15, -0.1) is 0 Å². The lowest BCUT2D eigenvalue weighted by Gasteiger charge is -2.29. The Balaban J connectivity index is 1.60. The lowest BCUT2D eigenvalue weighted by atomic mass is 9.97. The summed E-state index contributed by atoms with van der Waals surface area (Å²) in [5, 5.41) is 14.1. The second-order valence-corrected chi connectivity index (χ2v) is 7.64. The molecule has 1 aliphatic carbocycles. The van der Waals surface area contributed by atoms with Crippen molar-refractivity contribution in [2.45, 2.75) is 31.6 Å². The molecule has 0 unspecified atom stereocenters. The molecule has 1 saturated heterocycles. The van der Waals surface area contributed by atoms with E-state index in [1.165, 1.54) is 0 Å². The van der Waals surface area contributed by atoms with Crippen molar-refractivity contribution in [1.82, 2.24) is 15.0 Å². The van der Waals surface area contributed by atoms with Crippen molar-refractivity contribution in [3.05, 3.63) is 47.7 Å². The van der Waals surface area contributed by atoms with Gasteiger partial charge in [-0.05, 0) is 31.7 Å². The molecule has 1 aliphatic heterocycles. The number of likely N-dealkylation sites (tertiary alicyclic amines) is 1. The van der Waals surface area contributed by atoms with Crippen LogP contribution < -0.4 is 0 Å². The zero-order valence-corrected chi connectivity index (χ0v) is 15.5. The molecule has 2 aromatic heterocycles. The largest absolute Gasteiger partial charge is 0.339 e. The maximum Gasteiger partial charge on any atom is 0.259 e. The number of nitrogens with zero attached hydrogens (tertiary/aromatic N) is 4. The minimum atomic E-state index is -0.0222. The normalized spacial score (nSPS) is 17.6. The van der Waals surface area contributed by atoms with Gasteiger partial charge >= 0.3 is 0 Å². The van der Waals surface area contributed by atoms with Crippen molar-refractivity contribution in [2.24, 2.45) is 5.92 Å². The molecular weight excluding hydrogens is 352 g/mol. The summed E-state index contributed by atoms with van der Waals surface area (Å²) in [6.45, 7) is 1.21. The van der Waals surface area contributed by atoms with Gasteiger partial charge in [0.05, 0.1) is 17.0 Å². The highest BCUT2D eigenvalue weighted by molar-refractivity contribution is 6.09. The fraction of sp³-hybridized carbons (Fsp3) is 0.364. The molecule has 1 amide bonds. The number of carbonyl (C=O) groups excluding carboxylic acids is 1. The van der Waals surface area contributed by atoms with Crippen LogP contribution in [-0.4, -0.2) is 34.0 Å². The summed E-state index contributed by atoms with van der Waals surface area (Å²) in [6.07, 6.45) is 3.64. The molecule has 5 rings (SSSR count). The maximum absolute atomic E-state index is 13.4. The Morgan fingerprint density at radius 2 is 1.89 bits per heavy atom. The first-order valence-corrected chi connectivity index (χ1v) is 9.79. The van der Waals surface area contributed by atoms with Crippen molar-refractivity contribution in [2.75, 3.05) is 13.1 Å². The third kappa shape index (κ3) is 2.93. The first kappa shape index (κ1) is 16.9. The van der Waals surface area contributed by atoms with Gasteiger partial charge in [-0.2, -0.15) is 5.26 Å². The minimum Gasteiger partial charge on any atom is -0.339 e. The molecule has 0 N–H and O–H groups in total. The number of piperidine rings is 1. The zero-order chi connectivity index (χ0) is 19.1. The standard InChI is InChI=1S/C22H20N4O2/c23-13-14-8-10-26(11-9-14)22(27)17-12-18(15-6-7-15)24-21-19(17)20(25-28-21)16-4-2-1-3-5-16/h1-5,12,14-15H,6-11H2. The smallest absolute Gasteiger partial charge is 0.259 e. The molecule has 1 aromatic carbocycles. The fourth-order valence-corrected chi connectivity index (χ4v) is 3.90. The molecule has 0 radical (unpaired) electrons. The molecule has 0 atom stereocenters. The second-order valence-electron chi connectivity index (χ2n) is 7.64. The Morgan fingerprint density at radius 3 is 2.57 bits per heavy atom. The predicted octanol–water partition coefficient (Wildman–Crippen LogP) is 4.14. The molecule has 1 saturated carbocycles.